The van der Waals surface area contributed by atoms with E-state index in [1.807, 2.05) is 12.3 Å². The van der Waals surface area contributed by atoms with Gasteiger partial charge in [0.25, 0.3) is 5.79 Å². The monoisotopic (exact) mass is 509 g/mol. The van der Waals surface area contributed by atoms with Gasteiger partial charge in [-0.05, 0) is 67.1 Å². The van der Waals surface area contributed by atoms with Crippen LogP contribution in [-0.4, -0.2) is 30.0 Å². The quantitative estimate of drug-likeness (QED) is 0.541. The number of fused-ring (bicyclic) bond motifs is 2. The number of allylic oxidation sites excluding steroid dienone is 1. The van der Waals surface area contributed by atoms with Gasteiger partial charge in [-0.1, -0.05) is 43.0 Å². The third kappa shape index (κ3) is 5.57. The lowest BCUT2D eigenvalue weighted by Gasteiger charge is -2.32. The molecule has 36 heavy (non-hydrogen) atoms. The number of halogens is 1. The Labute approximate surface area is 216 Å². The molecule has 0 atom stereocenters. The molecular formula is C28H32ClN3O4. The largest absolute Gasteiger partial charge is 0.416 e. The Kier molecular flexibility index (Phi) is 7.58. The molecule has 1 aromatic carbocycles. The Balaban J connectivity index is 1.34. The van der Waals surface area contributed by atoms with Gasteiger partial charge in [0, 0.05) is 18.3 Å². The molecule has 0 unspecified atom stereocenters. The summed E-state index contributed by atoms with van der Waals surface area (Å²) in [6.07, 6.45) is 13.5. The summed E-state index contributed by atoms with van der Waals surface area (Å²) >= 11 is 6.61. The Hall–Kier alpha value is -2.90. The van der Waals surface area contributed by atoms with Gasteiger partial charge in [0.05, 0.1) is 35.8 Å². The lowest BCUT2D eigenvalue weighted by Crippen LogP contribution is -2.43. The van der Waals surface area contributed by atoms with Crippen molar-refractivity contribution in [3.8, 4) is 0 Å². The second kappa shape index (κ2) is 11.0. The molecule has 3 aliphatic rings. The van der Waals surface area contributed by atoms with Crippen LogP contribution in [0.1, 0.15) is 67.3 Å². The first-order chi connectivity index (χ1) is 17.5. The first-order valence-electron chi connectivity index (χ1n) is 12.9. The maximum absolute atomic E-state index is 12.3. The average Bonchev–Trinajstić information content (AvgIpc) is 3.15. The third-order valence-corrected chi connectivity index (χ3v) is 7.49. The van der Waals surface area contributed by atoms with Gasteiger partial charge in [0.2, 0.25) is 0 Å². The molecule has 0 amide bonds. The summed E-state index contributed by atoms with van der Waals surface area (Å²) in [6, 6.07) is 7.64. The normalized spacial score (nSPS) is 20.4. The van der Waals surface area contributed by atoms with Gasteiger partial charge in [-0.2, -0.15) is 0 Å². The molecule has 1 saturated heterocycles. The minimum Gasteiger partial charge on any atom is -0.416 e. The van der Waals surface area contributed by atoms with Crippen LogP contribution in [0.15, 0.2) is 36.5 Å². The molecule has 2 aliphatic heterocycles. The zero-order chi connectivity index (χ0) is 25.0. The predicted molar refractivity (Wildman–Crippen MR) is 138 cm³/mol. The third-order valence-electron chi connectivity index (χ3n) is 7.18. The van der Waals surface area contributed by atoms with Crippen LogP contribution in [-0.2, 0) is 37.8 Å². The molecule has 8 heteroatoms. The zero-order valence-corrected chi connectivity index (χ0v) is 21.1. The van der Waals surface area contributed by atoms with Crippen molar-refractivity contribution in [2.75, 3.05) is 18.4 Å². The van der Waals surface area contributed by atoms with E-state index < -0.39 is 17.7 Å². The van der Waals surface area contributed by atoms with Gasteiger partial charge in [0.15, 0.2) is 0 Å². The van der Waals surface area contributed by atoms with Crippen LogP contribution in [0.5, 0.6) is 0 Å². The first kappa shape index (κ1) is 24.8. The first-order valence-corrected chi connectivity index (χ1v) is 13.2. The fraction of sp³-hybridized carbons (Fsp3) is 0.464. The van der Waals surface area contributed by atoms with Crippen LogP contribution in [0.3, 0.4) is 0 Å². The summed E-state index contributed by atoms with van der Waals surface area (Å²) in [5.41, 5.74) is 4.24. The zero-order valence-electron chi connectivity index (χ0n) is 20.4. The van der Waals surface area contributed by atoms with Crippen LogP contribution in [0.4, 0.5) is 5.69 Å². The number of pyridine rings is 1. The van der Waals surface area contributed by atoms with Crippen LogP contribution in [0.2, 0.25) is 5.02 Å². The highest BCUT2D eigenvalue weighted by atomic mass is 35.5. The molecule has 0 bridgehead atoms. The lowest BCUT2D eigenvalue weighted by atomic mass is 9.89. The van der Waals surface area contributed by atoms with E-state index in [9.17, 15) is 9.59 Å². The Morgan fingerprint density at radius 3 is 2.56 bits per heavy atom. The van der Waals surface area contributed by atoms with Gasteiger partial charge in [-0.15, -0.1) is 0 Å². The maximum Gasteiger partial charge on any atom is 0.309 e. The van der Waals surface area contributed by atoms with Gasteiger partial charge >= 0.3 is 11.9 Å². The molecule has 190 valence electrons. The molecule has 1 aliphatic carbocycles. The van der Waals surface area contributed by atoms with Crippen molar-refractivity contribution in [3.63, 3.8) is 0 Å². The fourth-order valence-corrected chi connectivity index (χ4v) is 5.50. The summed E-state index contributed by atoms with van der Waals surface area (Å²) in [5.74, 6) is -1.74. The van der Waals surface area contributed by atoms with Crippen molar-refractivity contribution < 1.29 is 19.1 Å². The molecule has 2 fully saturated rings. The number of nitrogens with one attached hydrogen (secondary N) is 2. The van der Waals surface area contributed by atoms with Crippen molar-refractivity contribution in [1.29, 1.82) is 0 Å². The smallest absolute Gasteiger partial charge is 0.309 e. The molecule has 1 aromatic heterocycles. The minimum absolute atomic E-state index is 0.00739. The second-order valence-electron chi connectivity index (χ2n) is 9.78. The predicted octanol–water partition coefficient (Wildman–Crippen LogP) is 5.12. The number of anilines is 1. The van der Waals surface area contributed by atoms with Gasteiger partial charge in [-0.25, -0.2) is 0 Å². The number of carbonyl (C=O) groups excluding carboxylic acids is 2. The van der Waals surface area contributed by atoms with E-state index in [4.69, 9.17) is 21.1 Å². The summed E-state index contributed by atoms with van der Waals surface area (Å²) in [6.45, 7) is 1.34. The van der Waals surface area contributed by atoms with Crippen molar-refractivity contribution in [3.05, 3.63) is 63.9 Å². The van der Waals surface area contributed by atoms with E-state index in [0.717, 1.165) is 22.5 Å². The molecule has 0 radical (unpaired) electrons. The van der Waals surface area contributed by atoms with Crippen molar-refractivity contribution in [2.24, 2.45) is 5.92 Å². The van der Waals surface area contributed by atoms with E-state index >= 15 is 0 Å². The van der Waals surface area contributed by atoms with Crippen LogP contribution < -0.4 is 10.6 Å². The fourth-order valence-electron chi connectivity index (χ4n) is 5.26. The van der Waals surface area contributed by atoms with E-state index in [0.29, 0.717) is 36.0 Å². The second-order valence-corrected chi connectivity index (χ2v) is 10.2. The van der Waals surface area contributed by atoms with Crippen molar-refractivity contribution in [1.82, 2.24) is 10.3 Å². The number of esters is 2. The average molecular weight is 510 g/mol. The summed E-state index contributed by atoms with van der Waals surface area (Å²) in [5, 5.41) is 7.25. The van der Waals surface area contributed by atoms with E-state index in [1.165, 1.54) is 32.1 Å². The molecule has 1 spiro atoms. The van der Waals surface area contributed by atoms with Gasteiger partial charge in [0.1, 0.15) is 0 Å². The van der Waals surface area contributed by atoms with Crippen molar-refractivity contribution in [2.45, 2.75) is 63.7 Å². The van der Waals surface area contributed by atoms with Crippen molar-refractivity contribution >= 4 is 35.3 Å². The maximum atomic E-state index is 12.3. The number of nitrogens with zero attached hydrogens (tertiary/aromatic N) is 1. The molecule has 5 rings (SSSR count). The number of hydrogen-bond acceptors (Lipinski definition) is 7. The van der Waals surface area contributed by atoms with E-state index in [1.54, 1.807) is 12.1 Å². The Bertz CT molecular complexity index is 1120. The Morgan fingerprint density at radius 2 is 1.83 bits per heavy atom. The number of benzene rings is 1. The number of hydrogen-bond donors (Lipinski definition) is 2. The van der Waals surface area contributed by atoms with Gasteiger partial charge < -0.3 is 20.1 Å². The Morgan fingerprint density at radius 1 is 1.06 bits per heavy atom. The summed E-state index contributed by atoms with van der Waals surface area (Å²) < 4.78 is 11.4. The number of carbonyl (C=O) groups is 2. The summed E-state index contributed by atoms with van der Waals surface area (Å²) in [7, 11) is 0. The molecule has 2 N–H and O–H groups in total. The molecular weight excluding hydrogens is 478 g/mol. The standard InChI is InChI=1S/C28H32ClN3O4/c29-24-11-10-23-22(14-15-30-18-28(23)35-25(33)12-13-26(34)36-28)27(24)32-17-20-7-9-21(31-16-20)8-6-19-4-2-1-3-5-19/h6-11,16,19,30,32H,1-5,12-15,17-18H2/b8-6-. The number of rotatable bonds is 5. The van der Waals surface area contributed by atoms with E-state index in [2.05, 4.69) is 33.8 Å². The SMILES string of the molecule is O=C1CCC(=O)OC2(CNCCc3c2ccc(Cl)c3NCc2ccc(/C=C\C3CCCCC3)nc2)O1. The lowest BCUT2D eigenvalue weighted by molar-refractivity contribution is -0.225. The van der Waals surface area contributed by atoms with Crippen LogP contribution >= 0.6 is 11.6 Å². The molecule has 3 heterocycles. The molecule has 2 aromatic rings. The number of aromatic nitrogens is 1. The minimum atomic E-state index is -1.49. The highest BCUT2D eigenvalue weighted by Crippen LogP contribution is 2.40. The highest BCUT2D eigenvalue weighted by molar-refractivity contribution is 6.33. The van der Waals surface area contributed by atoms with E-state index in [-0.39, 0.29) is 19.4 Å². The van der Waals surface area contributed by atoms with Crippen LogP contribution in [0, 0.1) is 5.92 Å². The molecule has 1 saturated carbocycles. The van der Waals surface area contributed by atoms with Gasteiger partial charge in [-0.3, -0.25) is 14.6 Å². The number of ether oxygens (including phenoxy) is 2. The topological polar surface area (TPSA) is 89.6 Å². The summed E-state index contributed by atoms with van der Waals surface area (Å²) in [4.78, 5) is 29.2. The molecule has 7 nitrogen and oxygen atoms in total. The van der Waals surface area contributed by atoms with Crippen LogP contribution in [0.25, 0.3) is 6.08 Å². The highest BCUT2D eigenvalue weighted by Gasteiger charge is 2.46.